The minimum atomic E-state index is -0.0763. The number of para-hydroxylation sites is 2. The van der Waals surface area contributed by atoms with E-state index in [9.17, 15) is 4.79 Å². The first-order valence-electron chi connectivity index (χ1n) is 11.7. The lowest BCUT2D eigenvalue weighted by atomic mass is 9.96. The summed E-state index contributed by atoms with van der Waals surface area (Å²) in [6, 6.07) is 17.4. The van der Waals surface area contributed by atoms with Crippen molar-refractivity contribution in [2.24, 2.45) is 0 Å². The minimum Gasteiger partial charge on any atom is -0.489 e. The SMILES string of the molecule is O=C(c1oc2ccccc2c1COc1ccccc1)N1CCC(c2nc(C3CC3)n[nH]2)CC1. The summed E-state index contributed by atoms with van der Waals surface area (Å²) in [5.41, 5.74) is 1.50. The maximum absolute atomic E-state index is 13.5. The average molecular weight is 443 g/mol. The first kappa shape index (κ1) is 20.0. The maximum atomic E-state index is 13.5. The number of benzene rings is 2. The fourth-order valence-electron chi connectivity index (χ4n) is 4.58. The molecule has 0 atom stereocenters. The highest BCUT2D eigenvalue weighted by atomic mass is 16.5. The predicted octanol–water partition coefficient (Wildman–Crippen LogP) is 5.03. The van der Waals surface area contributed by atoms with Crippen molar-refractivity contribution in [3.63, 3.8) is 0 Å². The molecular weight excluding hydrogens is 416 g/mol. The molecule has 1 amide bonds. The van der Waals surface area contributed by atoms with Crippen molar-refractivity contribution in [3.8, 4) is 5.75 Å². The van der Waals surface area contributed by atoms with Crippen LogP contribution in [-0.4, -0.2) is 39.1 Å². The molecule has 2 aromatic heterocycles. The van der Waals surface area contributed by atoms with E-state index in [1.165, 1.54) is 12.8 Å². The summed E-state index contributed by atoms with van der Waals surface area (Å²) in [4.78, 5) is 20.1. The third-order valence-corrected chi connectivity index (χ3v) is 6.65. The summed E-state index contributed by atoms with van der Waals surface area (Å²) in [5.74, 6) is 3.83. The van der Waals surface area contributed by atoms with Gasteiger partial charge in [-0.1, -0.05) is 36.4 Å². The number of aromatic nitrogens is 3. The number of fused-ring (bicyclic) bond motifs is 1. The molecule has 33 heavy (non-hydrogen) atoms. The number of amides is 1. The molecule has 2 aromatic carbocycles. The number of rotatable bonds is 6. The van der Waals surface area contributed by atoms with Crippen molar-refractivity contribution in [2.45, 2.75) is 44.1 Å². The van der Waals surface area contributed by atoms with Gasteiger partial charge in [-0.05, 0) is 43.9 Å². The highest BCUT2D eigenvalue weighted by Gasteiger charge is 2.32. The molecule has 7 nitrogen and oxygen atoms in total. The number of H-pyrrole nitrogens is 1. The number of carbonyl (C=O) groups is 1. The Balaban J connectivity index is 1.19. The van der Waals surface area contributed by atoms with Gasteiger partial charge in [-0.3, -0.25) is 9.89 Å². The molecule has 6 rings (SSSR count). The summed E-state index contributed by atoms with van der Waals surface area (Å²) >= 11 is 0. The second-order valence-corrected chi connectivity index (χ2v) is 8.93. The van der Waals surface area contributed by atoms with Gasteiger partial charge >= 0.3 is 0 Å². The van der Waals surface area contributed by atoms with Crippen LogP contribution in [0.3, 0.4) is 0 Å². The first-order chi connectivity index (χ1) is 16.3. The highest BCUT2D eigenvalue weighted by Crippen LogP contribution is 2.39. The normalized spacial score (nSPS) is 16.9. The van der Waals surface area contributed by atoms with Gasteiger partial charge in [0.05, 0.1) is 0 Å². The molecule has 7 heteroatoms. The van der Waals surface area contributed by atoms with E-state index < -0.39 is 0 Å². The van der Waals surface area contributed by atoms with Crippen molar-refractivity contribution in [3.05, 3.63) is 77.6 Å². The van der Waals surface area contributed by atoms with Gasteiger partial charge in [0.1, 0.15) is 23.8 Å². The van der Waals surface area contributed by atoms with E-state index in [1.807, 2.05) is 59.5 Å². The Morgan fingerprint density at radius 2 is 1.76 bits per heavy atom. The number of carbonyl (C=O) groups excluding carboxylic acids is 1. The van der Waals surface area contributed by atoms with E-state index in [-0.39, 0.29) is 12.5 Å². The maximum Gasteiger partial charge on any atom is 0.290 e. The van der Waals surface area contributed by atoms with Crippen LogP contribution in [0.4, 0.5) is 0 Å². The quantitative estimate of drug-likeness (QED) is 0.453. The molecule has 1 saturated heterocycles. The number of hydrogen-bond donors (Lipinski definition) is 1. The van der Waals surface area contributed by atoms with E-state index in [1.54, 1.807) is 0 Å². The number of aromatic amines is 1. The number of likely N-dealkylation sites (tertiary alicyclic amines) is 1. The van der Waals surface area contributed by atoms with E-state index in [0.29, 0.717) is 36.3 Å². The molecule has 1 aliphatic carbocycles. The molecule has 1 saturated carbocycles. The van der Waals surface area contributed by atoms with E-state index in [4.69, 9.17) is 14.1 Å². The second-order valence-electron chi connectivity index (χ2n) is 8.93. The van der Waals surface area contributed by atoms with Gasteiger partial charge in [-0.15, -0.1) is 0 Å². The first-order valence-corrected chi connectivity index (χ1v) is 11.7. The van der Waals surface area contributed by atoms with E-state index in [2.05, 4.69) is 10.2 Å². The summed E-state index contributed by atoms with van der Waals surface area (Å²) in [6.45, 7) is 1.61. The summed E-state index contributed by atoms with van der Waals surface area (Å²) < 4.78 is 12.0. The Kier molecular flexibility index (Phi) is 5.09. The lowest BCUT2D eigenvalue weighted by molar-refractivity contribution is 0.0677. The number of piperidine rings is 1. The lowest BCUT2D eigenvalue weighted by Crippen LogP contribution is -2.38. The smallest absolute Gasteiger partial charge is 0.290 e. The van der Waals surface area contributed by atoms with Crippen LogP contribution in [0.5, 0.6) is 5.75 Å². The number of furan rings is 1. The molecule has 0 bridgehead atoms. The van der Waals surface area contributed by atoms with Crippen LogP contribution in [0.15, 0.2) is 59.0 Å². The second kappa shape index (κ2) is 8.39. The summed E-state index contributed by atoms with van der Waals surface area (Å²) in [5, 5.41) is 8.44. The molecule has 3 heterocycles. The molecule has 0 spiro atoms. The van der Waals surface area contributed by atoms with Crippen LogP contribution >= 0.6 is 0 Å². The average Bonchev–Trinajstić information content (AvgIpc) is 3.48. The van der Waals surface area contributed by atoms with Crippen molar-refractivity contribution >= 4 is 16.9 Å². The van der Waals surface area contributed by atoms with Crippen molar-refractivity contribution in [1.29, 1.82) is 0 Å². The van der Waals surface area contributed by atoms with Crippen LogP contribution in [0.2, 0.25) is 0 Å². The standard InChI is InChI=1S/C26H26N4O3/c31-26(30-14-12-18(13-15-30)25-27-24(28-29-25)17-10-11-17)23-21(16-32-19-6-2-1-3-7-19)20-8-4-5-9-22(20)33-23/h1-9,17-18H,10-16H2,(H,27,28,29). The predicted molar refractivity (Wildman–Crippen MR) is 123 cm³/mol. The number of nitrogens with one attached hydrogen (secondary N) is 1. The molecule has 1 aliphatic heterocycles. The number of nitrogens with zero attached hydrogens (tertiary/aromatic N) is 3. The zero-order valence-electron chi connectivity index (χ0n) is 18.4. The van der Waals surface area contributed by atoms with Gasteiger partial charge in [0.15, 0.2) is 11.6 Å². The molecule has 1 N–H and O–H groups in total. The Morgan fingerprint density at radius 1 is 1.00 bits per heavy atom. The van der Waals surface area contributed by atoms with E-state index in [0.717, 1.165) is 41.2 Å². The van der Waals surface area contributed by atoms with Gasteiger partial charge in [0, 0.05) is 35.9 Å². The lowest BCUT2D eigenvalue weighted by Gasteiger charge is -2.30. The highest BCUT2D eigenvalue weighted by molar-refractivity contribution is 5.99. The number of hydrogen-bond acceptors (Lipinski definition) is 5. The zero-order chi connectivity index (χ0) is 22.2. The Hall–Kier alpha value is -3.61. The molecule has 2 fully saturated rings. The Labute approximate surface area is 191 Å². The van der Waals surface area contributed by atoms with Gasteiger partial charge < -0.3 is 14.1 Å². The molecule has 168 valence electrons. The van der Waals surface area contributed by atoms with Gasteiger partial charge in [0.2, 0.25) is 0 Å². The zero-order valence-corrected chi connectivity index (χ0v) is 18.4. The Morgan fingerprint density at radius 3 is 2.55 bits per heavy atom. The van der Waals surface area contributed by atoms with Crippen LogP contribution in [0, 0.1) is 0 Å². The summed E-state index contributed by atoms with van der Waals surface area (Å²) in [7, 11) is 0. The molecule has 0 radical (unpaired) electrons. The van der Waals surface area contributed by atoms with E-state index >= 15 is 0 Å². The fourth-order valence-corrected chi connectivity index (χ4v) is 4.58. The van der Waals surface area contributed by atoms with Crippen molar-refractivity contribution in [2.75, 3.05) is 13.1 Å². The van der Waals surface area contributed by atoms with Crippen LogP contribution in [-0.2, 0) is 6.61 Å². The van der Waals surface area contributed by atoms with Gasteiger partial charge in [-0.2, -0.15) is 5.10 Å². The largest absolute Gasteiger partial charge is 0.489 e. The molecule has 2 aliphatic rings. The van der Waals surface area contributed by atoms with Gasteiger partial charge in [0.25, 0.3) is 5.91 Å². The fraction of sp³-hybridized carbons (Fsp3) is 0.346. The van der Waals surface area contributed by atoms with Crippen LogP contribution in [0.1, 0.15) is 65.3 Å². The minimum absolute atomic E-state index is 0.0763. The van der Waals surface area contributed by atoms with Crippen molar-refractivity contribution in [1.82, 2.24) is 20.1 Å². The topological polar surface area (TPSA) is 84.2 Å². The monoisotopic (exact) mass is 442 g/mol. The van der Waals surface area contributed by atoms with Gasteiger partial charge in [-0.25, -0.2) is 4.98 Å². The van der Waals surface area contributed by atoms with Crippen LogP contribution in [0.25, 0.3) is 11.0 Å². The number of ether oxygens (including phenoxy) is 1. The Bertz CT molecular complexity index is 1270. The van der Waals surface area contributed by atoms with Crippen molar-refractivity contribution < 1.29 is 13.9 Å². The molecular formula is C26H26N4O3. The molecule has 4 aromatic rings. The third kappa shape index (κ3) is 3.99. The third-order valence-electron chi connectivity index (χ3n) is 6.65. The van der Waals surface area contributed by atoms with Crippen LogP contribution < -0.4 is 4.74 Å². The molecule has 0 unspecified atom stereocenters. The summed E-state index contributed by atoms with van der Waals surface area (Å²) in [6.07, 6.45) is 4.11.